The van der Waals surface area contributed by atoms with Gasteiger partial charge in [0.1, 0.15) is 0 Å². The van der Waals surface area contributed by atoms with E-state index in [2.05, 4.69) is 24.6 Å². The van der Waals surface area contributed by atoms with Crippen LogP contribution in [-0.4, -0.2) is 0 Å². The van der Waals surface area contributed by atoms with E-state index in [1.807, 2.05) is 12.1 Å². The zero-order chi connectivity index (χ0) is 8.13. The molecule has 0 fully saturated rings. The highest BCUT2D eigenvalue weighted by atomic mass is 35.5. The van der Waals surface area contributed by atoms with Gasteiger partial charge in [-0.15, -0.1) is 0 Å². The molecule has 0 spiro atoms. The van der Waals surface area contributed by atoms with Crippen LogP contribution in [0.25, 0.3) is 10.8 Å². The van der Waals surface area contributed by atoms with Gasteiger partial charge in [-0.2, -0.15) is 0 Å². The molecule has 1 aliphatic carbocycles. The highest BCUT2D eigenvalue weighted by Crippen LogP contribution is 2.39. The molecule has 0 nitrogen and oxygen atoms in total. The molecule has 0 heterocycles. The minimum absolute atomic E-state index is 0.843. The van der Waals surface area contributed by atoms with Crippen molar-refractivity contribution in [1.29, 1.82) is 0 Å². The first-order valence-corrected chi connectivity index (χ1v) is 4.30. The summed E-state index contributed by atoms with van der Waals surface area (Å²) in [5, 5.41) is 3.28. The Labute approximate surface area is 75.8 Å². The zero-order valence-electron chi connectivity index (χ0n) is 6.34. The molecule has 0 N–H and O–H groups in total. The van der Waals surface area contributed by atoms with Gasteiger partial charge in [0.2, 0.25) is 0 Å². The van der Waals surface area contributed by atoms with Crippen molar-refractivity contribution in [2.45, 2.75) is 0 Å². The minimum Gasteiger partial charge on any atom is -0.0837 e. The number of rotatable bonds is 0. The molecule has 1 heteroatoms. The van der Waals surface area contributed by atoms with Crippen molar-refractivity contribution in [1.82, 2.24) is 0 Å². The first kappa shape index (κ1) is 6.50. The fraction of sp³-hybridized carbons (Fsp3) is 0. The smallest absolute Gasteiger partial charge is 0.0484 e. The first-order valence-electron chi connectivity index (χ1n) is 3.92. The van der Waals surface area contributed by atoms with E-state index >= 15 is 0 Å². The summed E-state index contributed by atoms with van der Waals surface area (Å²) in [4.78, 5) is 0. The molecular weight excluding hydrogens is 168 g/mol. The molecule has 0 unspecified atom stereocenters. The molecule has 0 saturated carbocycles. The topological polar surface area (TPSA) is 0 Å². The molecule has 2 aromatic rings. The van der Waals surface area contributed by atoms with Gasteiger partial charge in [-0.3, -0.25) is 0 Å². The van der Waals surface area contributed by atoms with Crippen LogP contribution in [0.5, 0.6) is 0 Å². The number of halogens is 1. The molecule has 1 radical (unpaired) electrons. The monoisotopic (exact) mass is 173 g/mol. The van der Waals surface area contributed by atoms with Crippen LogP contribution in [0.15, 0.2) is 30.3 Å². The van der Waals surface area contributed by atoms with Gasteiger partial charge in [0.05, 0.1) is 0 Å². The first-order chi connectivity index (χ1) is 5.86. The lowest BCUT2D eigenvalue weighted by atomic mass is 10.1. The van der Waals surface area contributed by atoms with Crippen molar-refractivity contribution < 1.29 is 0 Å². The van der Waals surface area contributed by atoms with Crippen LogP contribution in [0.2, 0.25) is 5.02 Å². The maximum atomic E-state index is 6.04. The summed E-state index contributed by atoms with van der Waals surface area (Å²) in [7, 11) is 0. The van der Waals surface area contributed by atoms with Gasteiger partial charge in [-0.05, 0) is 22.6 Å². The van der Waals surface area contributed by atoms with E-state index in [-0.39, 0.29) is 0 Å². The molecular formula is C11H6Cl. The normalized spacial score (nSPS) is 13.1. The second-order valence-electron chi connectivity index (χ2n) is 3.05. The lowest BCUT2D eigenvalue weighted by molar-refractivity contribution is 1.77. The minimum atomic E-state index is 0.843. The van der Waals surface area contributed by atoms with Crippen LogP contribution in [0, 0.1) is 6.42 Å². The third kappa shape index (κ3) is 0.733. The molecule has 0 bridgehead atoms. The molecule has 3 rings (SSSR count). The molecule has 0 saturated heterocycles. The number of benzene rings is 2. The lowest BCUT2D eigenvalue weighted by Gasteiger charge is -1.97. The van der Waals surface area contributed by atoms with Crippen LogP contribution in [-0.2, 0) is 0 Å². The average molecular weight is 174 g/mol. The Balaban J connectivity index is 2.55. The van der Waals surface area contributed by atoms with Crippen LogP contribution in [0.1, 0.15) is 11.1 Å². The van der Waals surface area contributed by atoms with Crippen LogP contribution in [0.4, 0.5) is 0 Å². The Kier molecular flexibility index (Phi) is 1.09. The van der Waals surface area contributed by atoms with Gasteiger partial charge in [0, 0.05) is 16.8 Å². The summed E-state index contributed by atoms with van der Waals surface area (Å²) in [6.45, 7) is 0. The van der Waals surface area contributed by atoms with Gasteiger partial charge in [-0.1, -0.05) is 35.9 Å². The molecule has 1 aliphatic rings. The SMILES string of the molecule is Clc1cccc2c3c(ccc12)[CH]3. The van der Waals surface area contributed by atoms with E-state index in [9.17, 15) is 0 Å². The van der Waals surface area contributed by atoms with E-state index in [4.69, 9.17) is 11.6 Å². The van der Waals surface area contributed by atoms with Gasteiger partial charge in [0.15, 0.2) is 0 Å². The van der Waals surface area contributed by atoms with E-state index in [1.54, 1.807) is 0 Å². The summed E-state index contributed by atoms with van der Waals surface area (Å²) < 4.78 is 0. The lowest BCUT2D eigenvalue weighted by Crippen LogP contribution is -1.71. The Morgan fingerprint density at radius 1 is 0.917 bits per heavy atom. The Bertz CT molecular complexity index is 466. The highest BCUT2D eigenvalue weighted by molar-refractivity contribution is 6.35. The largest absolute Gasteiger partial charge is 0.0837 e. The summed E-state index contributed by atoms with van der Waals surface area (Å²) in [5.74, 6) is 0. The zero-order valence-corrected chi connectivity index (χ0v) is 7.10. The van der Waals surface area contributed by atoms with Crippen molar-refractivity contribution in [2.24, 2.45) is 0 Å². The van der Waals surface area contributed by atoms with Gasteiger partial charge >= 0.3 is 0 Å². The molecule has 0 atom stereocenters. The molecule has 0 aliphatic heterocycles. The molecule has 0 amide bonds. The van der Waals surface area contributed by atoms with Crippen molar-refractivity contribution in [3.05, 3.63) is 52.9 Å². The molecule has 2 aromatic carbocycles. The second kappa shape index (κ2) is 2.02. The summed E-state index contributed by atoms with van der Waals surface area (Å²) >= 11 is 6.04. The van der Waals surface area contributed by atoms with Crippen molar-refractivity contribution in [2.75, 3.05) is 0 Å². The number of fused-ring (bicyclic) bond motifs is 3. The van der Waals surface area contributed by atoms with Crippen molar-refractivity contribution >= 4 is 22.4 Å². The number of hydrogen-bond donors (Lipinski definition) is 0. The van der Waals surface area contributed by atoms with Gasteiger partial charge in [-0.25, -0.2) is 0 Å². The van der Waals surface area contributed by atoms with E-state index in [1.165, 1.54) is 16.5 Å². The number of hydrogen-bond acceptors (Lipinski definition) is 0. The molecule has 0 aromatic heterocycles. The van der Waals surface area contributed by atoms with Crippen molar-refractivity contribution in [3.8, 4) is 0 Å². The quantitative estimate of drug-likeness (QED) is 0.489. The van der Waals surface area contributed by atoms with Gasteiger partial charge in [0.25, 0.3) is 0 Å². The Hall–Kier alpha value is -1.01. The van der Waals surface area contributed by atoms with Gasteiger partial charge < -0.3 is 0 Å². The highest BCUT2D eigenvalue weighted by Gasteiger charge is 2.20. The molecule has 12 heavy (non-hydrogen) atoms. The van der Waals surface area contributed by atoms with E-state index in [0.717, 1.165) is 10.4 Å². The second-order valence-corrected chi connectivity index (χ2v) is 3.45. The Morgan fingerprint density at radius 3 is 2.75 bits per heavy atom. The van der Waals surface area contributed by atoms with E-state index in [0.29, 0.717) is 0 Å². The summed E-state index contributed by atoms with van der Waals surface area (Å²) in [6.07, 6.45) is 2.18. The van der Waals surface area contributed by atoms with Crippen molar-refractivity contribution in [3.63, 3.8) is 0 Å². The van der Waals surface area contributed by atoms with Crippen LogP contribution < -0.4 is 0 Å². The third-order valence-corrected chi connectivity index (χ3v) is 2.63. The Morgan fingerprint density at radius 2 is 1.83 bits per heavy atom. The third-order valence-electron chi connectivity index (χ3n) is 2.30. The summed E-state index contributed by atoms with van der Waals surface area (Å²) in [5.41, 5.74) is 2.71. The fourth-order valence-corrected chi connectivity index (χ4v) is 1.84. The standard InChI is InChI=1S/C11H6Cl/c12-11-3-1-2-8-9(11)5-4-7-6-10(7)8/h1-6H. The predicted octanol–water partition coefficient (Wildman–Crippen LogP) is 3.41. The maximum Gasteiger partial charge on any atom is 0.0484 e. The molecule has 57 valence electrons. The van der Waals surface area contributed by atoms with E-state index < -0.39 is 0 Å². The fourth-order valence-electron chi connectivity index (χ4n) is 1.60. The average Bonchev–Trinajstić information content (AvgIpc) is 2.83. The van der Waals surface area contributed by atoms with Crippen LogP contribution in [0.3, 0.4) is 0 Å². The predicted molar refractivity (Wildman–Crippen MR) is 51.5 cm³/mol. The van der Waals surface area contributed by atoms with Crippen LogP contribution >= 0.6 is 11.6 Å². The summed E-state index contributed by atoms with van der Waals surface area (Å²) in [6, 6.07) is 10.2. The maximum absolute atomic E-state index is 6.04.